The molecular formula is C16H20ClFN2. The van der Waals surface area contributed by atoms with Crippen molar-refractivity contribution in [2.45, 2.75) is 31.7 Å². The highest BCUT2D eigenvalue weighted by Crippen LogP contribution is 2.70. The van der Waals surface area contributed by atoms with Crippen LogP contribution in [0.5, 0.6) is 0 Å². The molecule has 2 bridgehead atoms. The van der Waals surface area contributed by atoms with Crippen LogP contribution in [0, 0.1) is 35.4 Å². The van der Waals surface area contributed by atoms with E-state index < -0.39 is 0 Å². The molecule has 0 heterocycles. The lowest BCUT2D eigenvalue weighted by Crippen LogP contribution is -2.40. The predicted molar refractivity (Wildman–Crippen MR) is 77.5 cm³/mol. The molecule has 1 aromatic rings. The monoisotopic (exact) mass is 294 g/mol. The number of rotatable bonds is 4. The molecule has 0 amide bonds. The Morgan fingerprint density at radius 1 is 1.30 bits per heavy atom. The molecule has 0 saturated heterocycles. The summed E-state index contributed by atoms with van der Waals surface area (Å²) < 4.78 is 13.9. The molecule has 5 unspecified atom stereocenters. The quantitative estimate of drug-likeness (QED) is 0.661. The summed E-state index contributed by atoms with van der Waals surface area (Å²) in [5, 5.41) is 0.449. The Balaban J connectivity index is 1.50. The van der Waals surface area contributed by atoms with E-state index in [0.717, 1.165) is 29.2 Å². The molecule has 0 radical (unpaired) electrons. The Labute approximate surface area is 123 Å². The first-order valence-electron chi connectivity index (χ1n) is 7.59. The average Bonchev–Trinajstić information content (AvgIpc) is 2.86. The number of hydrogen-bond donors (Lipinski definition) is 2. The summed E-state index contributed by atoms with van der Waals surface area (Å²) in [6.45, 7) is 0. The third kappa shape index (κ3) is 1.91. The number of nitrogens with one attached hydrogen (secondary N) is 1. The summed E-state index contributed by atoms with van der Waals surface area (Å²) >= 11 is 5.81. The van der Waals surface area contributed by atoms with Gasteiger partial charge in [-0.25, -0.2) is 4.39 Å². The van der Waals surface area contributed by atoms with Crippen LogP contribution < -0.4 is 11.3 Å². The van der Waals surface area contributed by atoms with Crippen LogP contribution in [-0.2, 0) is 6.42 Å². The minimum absolute atomic E-state index is 0.198. The largest absolute Gasteiger partial charge is 0.271 e. The Kier molecular flexibility index (Phi) is 3.06. The van der Waals surface area contributed by atoms with Gasteiger partial charge in [-0.15, -0.1) is 0 Å². The highest BCUT2D eigenvalue weighted by atomic mass is 35.5. The van der Waals surface area contributed by atoms with Gasteiger partial charge < -0.3 is 0 Å². The van der Waals surface area contributed by atoms with Crippen molar-refractivity contribution in [1.29, 1.82) is 0 Å². The molecule has 3 fully saturated rings. The first-order chi connectivity index (χ1) is 9.69. The van der Waals surface area contributed by atoms with Crippen LogP contribution in [0.4, 0.5) is 4.39 Å². The molecule has 3 aliphatic rings. The maximum absolute atomic E-state index is 13.9. The van der Waals surface area contributed by atoms with E-state index in [2.05, 4.69) is 5.43 Å². The number of benzene rings is 1. The third-order valence-corrected chi connectivity index (χ3v) is 6.16. The fourth-order valence-corrected chi connectivity index (χ4v) is 5.32. The average molecular weight is 295 g/mol. The lowest BCUT2D eigenvalue weighted by atomic mass is 9.93. The van der Waals surface area contributed by atoms with E-state index in [-0.39, 0.29) is 11.9 Å². The molecule has 108 valence electrons. The van der Waals surface area contributed by atoms with E-state index in [4.69, 9.17) is 17.4 Å². The summed E-state index contributed by atoms with van der Waals surface area (Å²) in [7, 11) is 0. The minimum Gasteiger partial charge on any atom is -0.271 e. The van der Waals surface area contributed by atoms with E-state index in [1.807, 2.05) is 0 Å². The second kappa shape index (κ2) is 4.69. The van der Waals surface area contributed by atoms with Crippen molar-refractivity contribution in [3.05, 3.63) is 34.6 Å². The third-order valence-electron chi connectivity index (χ3n) is 5.93. The molecule has 4 heteroatoms. The van der Waals surface area contributed by atoms with E-state index >= 15 is 0 Å². The van der Waals surface area contributed by atoms with Gasteiger partial charge in [0.2, 0.25) is 0 Å². The second-order valence-electron chi connectivity index (χ2n) is 6.78. The van der Waals surface area contributed by atoms with Gasteiger partial charge in [0.15, 0.2) is 0 Å². The zero-order valence-electron chi connectivity index (χ0n) is 11.4. The van der Waals surface area contributed by atoms with Crippen molar-refractivity contribution < 1.29 is 4.39 Å². The molecule has 4 rings (SSSR count). The van der Waals surface area contributed by atoms with Gasteiger partial charge in [0, 0.05) is 11.1 Å². The molecular weight excluding hydrogens is 275 g/mol. The van der Waals surface area contributed by atoms with Gasteiger partial charge in [-0.05, 0) is 73.0 Å². The van der Waals surface area contributed by atoms with Crippen molar-refractivity contribution >= 4 is 11.6 Å². The van der Waals surface area contributed by atoms with Gasteiger partial charge in [-0.1, -0.05) is 17.7 Å². The number of fused-ring (bicyclic) bond motifs is 5. The predicted octanol–water partition coefficient (Wildman–Crippen LogP) is 3.15. The van der Waals surface area contributed by atoms with E-state index in [9.17, 15) is 4.39 Å². The standard InChI is InChI=1S/C16H20ClFN2/c17-11-4-3-8(12(18)7-11)6-13(20-19)16-14-9-1-2-10(5-9)15(14)16/h3-4,7,9-10,13-16,20H,1-2,5-6,19H2. The smallest absolute Gasteiger partial charge is 0.127 e. The molecule has 2 nitrogen and oxygen atoms in total. The van der Waals surface area contributed by atoms with Crippen LogP contribution in [0.2, 0.25) is 5.02 Å². The maximum Gasteiger partial charge on any atom is 0.127 e. The molecule has 3 aliphatic carbocycles. The van der Waals surface area contributed by atoms with Crippen LogP contribution in [0.1, 0.15) is 24.8 Å². The summed E-state index contributed by atoms with van der Waals surface area (Å²) in [5.74, 6) is 9.73. The van der Waals surface area contributed by atoms with Gasteiger partial charge in [-0.3, -0.25) is 11.3 Å². The lowest BCUT2D eigenvalue weighted by molar-refractivity contribution is 0.362. The highest BCUT2D eigenvalue weighted by Gasteiger charge is 2.66. The van der Waals surface area contributed by atoms with E-state index in [0.29, 0.717) is 17.4 Å². The molecule has 3 saturated carbocycles. The highest BCUT2D eigenvalue weighted by molar-refractivity contribution is 6.30. The fraction of sp³-hybridized carbons (Fsp3) is 0.625. The SMILES string of the molecule is NNC(Cc1ccc(Cl)cc1F)C1C2C3CCC(C3)C21. The van der Waals surface area contributed by atoms with Gasteiger partial charge in [-0.2, -0.15) is 0 Å². The molecule has 20 heavy (non-hydrogen) atoms. The molecule has 0 aromatic heterocycles. The fourth-order valence-electron chi connectivity index (χ4n) is 5.16. The van der Waals surface area contributed by atoms with E-state index in [1.54, 1.807) is 12.1 Å². The Hall–Kier alpha value is -0.640. The number of hydrogen-bond acceptors (Lipinski definition) is 2. The van der Waals surface area contributed by atoms with Gasteiger partial charge in [0.1, 0.15) is 5.82 Å². The molecule has 0 aliphatic heterocycles. The maximum atomic E-state index is 13.9. The lowest BCUT2D eigenvalue weighted by Gasteiger charge is -2.20. The topological polar surface area (TPSA) is 38.0 Å². The van der Waals surface area contributed by atoms with Crippen molar-refractivity contribution in [2.75, 3.05) is 0 Å². The summed E-state index contributed by atoms with van der Waals surface area (Å²) in [4.78, 5) is 0. The zero-order chi connectivity index (χ0) is 13.9. The Bertz CT molecular complexity index is 519. The minimum atomic E-state index is -0.216. The number of nitrogens with two attached hydrogens (primary N) is 1. The van der Waals surface area contributed by atoms with Gasteiger partial charge >= 0.3 is 0 Å². The van der Waals surface area contributed by atoms with Crippen LogP contribution in [0.15, 0.2) is 18.2 Å². The van der Waals surface area contributed by atoms with Crippen molar-refractivity contribution in [2.24, 2.45) is 35.4 Å². The number of halogens is 2. The summed E-state index contributed by atoms with van der Waals surface area (Å²) in [5.41, 5.74) is 3.67. The van der Waals surface area contributed by atoms with Crippen LogP contribution in [-0.4, -0.2) is 6.04 Å². The Morgan fingerprint density at radius 3 is 2.60 bits per heavy atom. The first-order valence-corrected chi connectivity index (χ1v) is 7.97. The number of hydrazine groups is 1. The van der Waals surface area contributed by atoms with Crippen LogP contribution in [0.3, 0.4) is 0 Å². The zero-order valence-corrected chi connectivity index (χ0v) is 12.1. The van der Waals surface area contributed by atoms with Crippen LogP contribution in [0.25, 0.3) is 0 Å². The second-order valence-corrected chi connectivity index (χ2v) is 7.21. The van der Waals surface area contributed by atoms with E-state index in [1.165, 1.54) is 25.3 Å². The molecule has 0 spiro atoms. The van der Waals surface area contributed by atoms with Crippen LogP contribution >= 0.6 is 11.6 Å². The summed E-state index contributed by atoms with van der Waals surface area (Å²) in [6, 6.07) is 5.13. The summed E-state index contributed by atoms with van der Waals surface area (Å²) in [6.07, 6.45) is 4.89. The van der Waals surface area contributed by atoms with Crippen molar-refractivity contribution in [1.82, 2.24) is 5.43 Å². The van der Waals surface area contributed by atoms with Crippen molar-refractivity contribution in [3.63, 3.8) is 0 Å². The molecule has 1 aromatic carbocycles. The molecule has 3 N–H and O–H groups in total. The van der Waals surface area contributed by atoms with Gasteiger partial charge in [0.05, 0.1) is 0 Å². The Morgan fingerprint density at radius 2 is 2.00 bits per heavy atom. The normalized spacial score (nSPS) is 38.9. The van der Waals surface area contributed by atoms with Gasteiger partial charge in [0.25, 0.3) is 0 Å². The molecule has 5 atom stereocenters. The van der Waals surface area contributed by atoms with Crippen molar-refractivity contribution in [3.8, 4) is 0 Å². The first kappa shape index (κ1) is 13.1.